The second-order valence-corrected chi connectivity index (χ2v) is 6.68. The van der Waals surface area contributed by atoms with Crippen LogP contribution in [0, 0.1) is 0 Å². The summed E-state index contributed by atoms with van der Waals surface area (Å²) in [5.74, 6) is -2.19. The number of ether oxygens (including phenoxy) is 1. The van der Waals surface area contributed by atoms with Crippen molar-refractivity contribution in [3.8, 4) is 5.75 Å². The van der Waals surface area contributed by atoms with Crippen LogP contribution in [0.15, 0.2) is 15.7 Å². The lowest BCUT2D eigenvalue weighted by Gasteiger charge is -2.27. The number of esters is 1. The zero-order valence-corrected chi connectivity index (χ0v) is 15.1. The number of nitrogens with one attached hydrogen (secondary N) is 1. The molecule has 0 amide bonds. The number of hydrogen-bond acceptors (Lipinski definition) is 5. The van der Waals surface area contributed by atoms with E-state index in [0.29, 0.717) is 36.3 Å². The second kappa shape index (κ2) is 7.33. The molecular formula is C18H19F3N2O5. The van der Waals surface area contributed by atoms with Crippen LogP contribution in [0.25, 0.3) is 10.9 Å². The Balaban J connectivity index is 2.36. The molecule has 1 saturated carbocycles. The van der Waals surface area contributed by atoms with Crippen LogP contribution >= 0.6 is 0 Å². The quantitative estimate of drug-likeness (QED) is 0.771. The maximum atomic E-state index is 13.7. The Kier molecular flexibility index (Phi) is 5.22. The fourth-order valence-corrected chi connectivity index (χ4v) is 3.66. The van der Waals surface area contributed by atoms with Gasteiger partial charge in [-0.3, -0.25) is 14.2 Å². The Morgan fingerprint density at radius 2 is 1.93 bits per heavy atom. The van der Waals surface area contributed by atoms with E-state index in [0.717, 1.165) is 6.42 Å². The third kappa shape index (κ3) is 3.38. The lowest BCUT2D eigenvalue weighted by Crippen LogP contribution is -2.34. The third-order valence-corrected chi connectivity index (χ3v) is 4.91. The number of hydrogen-bond donors (Lipinski definition) is 2. The van der Waals surface area contributed by atoms with Gasteiger partial charge < -0.3 is 14.8 Å². The van der Waals surface area contributed by atoms with Gasteiger partial charge in [0.05, 0.1) is 6.61 Å². The first-order valence-electron chi connectivity index (χ1n) is 8.95. The number of aromatic hydroxyl groups is 1. The molecule has 7 nitrogen and oxygen atoms in total. The smallest absolute Gasteiger partial charge is 0.431 e. The summed E-state index contributed by atoms with van der Waals surface area (Å²) < 4.78 is 46.4. The Morgan fingerprint density at radius 3 is 2.50 bits per heavy atom. The van der Waals surface area contributed by atoms with Gasteiger partial charge in [0.15, 0.2) is 5.56 Å². The minimum Gasteiger partial charge on any atom is -0.506 e. The summed E-state index contributed by atoms with van der Waals surface area (Å²) in [5, 5.41) is 9.76. The maximum Gasteiger partial charge on any atom is 0.431 e. The van der Waals surface area contributed by atoms with Crippen molar-refractivity contribution in [2.75, 3.05) is 6.61 Å². The highest BCUT2D eigenvalue weighted by atomic mass is 19.4. The van der Waals surface area contributed by atoms with Gasteiger partial charge in [-0.1, -0.05) is 19.3 Å². The first kappa shape index (κ1) is 20.0. The highest BCUT2D eigenvalue weighted by Crippen LogP contribution is 2.37. The number of carbonyl (C=O) groups excluding carboxylic acids is 1. The molecule has 0 saturated heterocycles. The number of aromatic nitrogens is 2. The highest BCUT2D eigenvalue weighted by Gasteiger charge is 2.38. The van der Waals surface area contributed by atoms with Crippen molar-refractivity contribution in [1.29, 1.82) is 0 Å². The number of pyridine rings is 2. The van der Waals surface area contributed by atoms with Crippen LogP contribution in [0.5, 0.6) is 5.75 Å². The number of H-pyrrole nitrogens is 1. The molecule has 28 heavy (non-hydrogen) atoms. The van der Waals surface area contributed by atoms with E-state index in [1.807, 2.05) is 0 Å². The molecular weight excluding hydrogens is 381 g/mol. The average Bonchev–Trinajstić information content (AvgIpc) is 2.62. The summed E-state index contributed by atoms with van der Waals surface area (Å²) in [4.78, 5) is 39.1. The van der Waals surface area contributed by atoms with E-state index in [1.165, 1.54) is 6.92 Å². The van der Waals surface area contributed by atoms with Gasteiger partial charge in [-0.15, -0.1) is 0 Å². The van der Waals surface area contributed by atoms with Gasteiger partial charge >= 0.3 is 12.1 Å². The van der Waals surface area contributed by atoms with Gasteiger partial charge in [-0.2, -0.15) is 13.2 Å². The zero-order chi connectivity index (χ0) is 20.6. The molecule has 10 heteroatoms. The van der Waals surface area contributed by atoms with E-state index < -0.39 is 57.2 Å². The molecule has 1 aliphatic rings. The average molecular weight is 400 g/mol. The number of halogens is 3. The topological polar surface area (TPSA) is 101 Å². The van der Waals surface area contributed by atoms with Crippen LogP contribution < -0.4 is 11.1 Å². The summed E-state index contributed by atoms with van der Waals surface area (Å²) >= 11 is 0. The second-order valence-electron chi connectivity index (χ2n) is 6.68. The van der Waals surface area contributed by atoms with Crippen LogP contribution in [0.3, 0.4) is 0 Å². The van der Waals surface area contributed by atoms with Gasteiger partial charge in [-0.05, 0) is 25.8 Å². The Morgan fingerprint density at radius 1 is 1.29 bits per heavy atom. The fourth-order valence-electron chi connectivity index (χ4n) is 3.66. The minimum atomic E-state index is -4.86. The van der Waals surface area contributed by atoms with E-state index in [4.69, 9.17) is 0 Å². The van der Waals surface area contributed by atoms with Crippen molar-refractivity contribution in [1.82, 2.24) is 9.55 Å². The third-order valence-electron chi connectivity index (χ3n) is 4.91. The highest BCUT2D eigenvalue weighted by molar-refractivity contribution is 5.99. The standard InChI is InChI=1S/C18H19F3N2O5/c1-2-28-17(27)12-14(24)10-8-11(18(19,20)21)23(9-6-4-3-5-7-9)16(26)13(10)22-15(12)25/h8-9H,2-7H2,1H3,(H2,22,24,25). The minimum absolute atomic E-state index is 0.104. The molecule has 0 atom stereocenters. The van der Waals surface area contributed by atoms with Crippen LogP contribution in [0.4, 0.5) is 13.2 Å². The van der Waals surface area contributed by atoms with Gasteiger partial charge in [0.2, 0.25) is 0 Å². The molecule has 0 bridgehead atoms. The van der Waals surface area contributed by atoms with E-state index in [-0.39, 0.29) is 6.61 Å². The van der Waals surface area contributed by atoms with Crippen molar-refractivity contribution in [2.24, 2.45) is 0 Å². The van der Waals surface area contributed by atoms with Gasteiger partial charge in [0, 0.05) is 11.4 Å². The van der Waals surface area contributed by atoms with Crippen molar-refractivity contribution < 1.29 is 27.8 Å². The molecule has 152 valence electrons. The maximum absolute atomic E-state index is 13.7. The Hall–Kier alpha value is -2.78. The van der Waals surface area contributed by atoms with Crippen LogP contribution in [-0.2, 0) is 10.9 Å². The molecule has 3 rings (SSSR count). The monoisotopic (exact) mass is 400 g/mol. The first-order chi connectivity index (χ1) is 13.2. The molecule has 2 heterocycles. The lowest BCUT2D eigenvalue weighted by atomic mass is 9.94. The van der Waals surface area contributed by atoms with E-state index in [9.17, 15) is 32.7 Å². The molecule has 0 radical (unpaired) electrons. The molecule has 1 fully saturated rings. The van der Waals surface area contributed by atoms with Crippen molar-refractivity contribution in [3.63, 3.8) is 0 Å². The number of fused-ring (bicyclic) bond motifs is 1. The van der Waals surface area contributed by atoms with Crippen LogP contribution in [0.1, 0.15) is 61.1 Å². The molecule has 0 aromatic carbocycles. The molecule has 0 spiro atoms. The normalized spacial score (nSPS) is 15.7. The summed E-state index contributed by atoms with van der Waals surface area (Å²) in [7, 11) is 0. The molecule has 0 unspecified atom stereocenters. The lowest BCUT2D eigenvalue weighted by molar-refractivity contribution is -0.145. The van der Waals surface area contributed by atoms with E-state index >= 15 is 0 Å². The Labute approximate surface area is 156 Å². The van der Waals surface area contributed by atoms with E-state index in [2.05, 4.69) is 9.72 Å². The summed E-state index contributed by atoms with van der Waals surface area (Å²) in [6.07, 6.45) is -1.79. The number of nitrogens with zero attached hydrogens (tertiary/aromatic N) is 1. The molecule has 2 aromatic heterocycles. The van der Waals surface area contributed by atoms with Crippen molar-refractivity contribution in [2.45, 2.75) is 51.2 Å². The number of rotatable bonds is 3. The molecule has 2 aromatic rings. The number of carbonyl (C=O) groups is 1. The molecule has 2 N–H and O–H groups in total. The summed E-state index contributed by atoms with van der Waals surface area (Å²) in [6, 6.07) is -0.0584. The van der Waals surface area contributed by atoms with Crippen LogP contribution in [-0.4, -0.2) is 27.2 Å². The van der Waals surface area contributed by atoms with Crippen LogP contribution in [0.2, 0.25) is 0 Å². The summed E-state index contributed by atoms with van der Waals surface area (Å²) in [6.45, 7) is 1.36. The van der Waals surface area contributed by atoms with Crippen molar-refractivity contribution >= 4 is 16.9 Å². The van der Waals surface area contributed by atoms with E-state index in [1.54, 1.807) is 0 Å². The number of alkyl halides is 3. The summed E-state index contributed by atoms with van der Waals surface area (Å²) in [5.41, 5.74) is -4.70. The SMILES string of the molecule is CCOC(=O)c1c(O)c2cc(C(F)(F)F)n(C3CCCCC3)c(=O)c2[nH]c1=O. The predicted octanol–water partition coefficient (Wildman–Crippen LogP) is 3.10. The van der Waals surface area contributed by atoms with Gasteiger partial charge in [0.25, 0.3) is 11.1 Å². The van der Waals surface area contributed by atoms with Gasteiger partial charge in [0.1, 0.15) is 17.0 Å². The van der Waals surface area contributed by atoms with Crippen molar-refractivity contribution in [3.05, 3.63) is 38.0 Å². The number of aromatic amines is 1. The zero-order valence-electron chi connectivity index (χ0n) is 15.1. The first-order valence-corrected chi connectivity index (χ1v) is 8.95. The predicted molar refractivity (Wildman–Crippen MR) is 93.6 cm³/mol. The fraction of sp³-hybridized carbons (Fsp3) is 0.500. The van der Waals surface area contributed by atoms with Gasteiger partial charge in [-0.25, -0.2) is 4.79 Å². The molecule has 1 aliphatic carbocycles. The largest absolute Gasteiger partial charge is 0.506 e. The Bertz CT molecular complexity index is 1030. The molecule has 0 aliphatic heterocycles.